The van der Waals surface area contributed by atoms with E-state index in [0.29, 0.717) is 18.5 Å². The summed E-state index contributed by atoms with van der Waals surface area (Å²) in [6.07, 6.45) is 0.635. The van der Waals surface area contributed by atoms with Crippen molar-refractivity contribution in [3.63, 3.8) is 0 Å². The Hall–Kier alpha value is -0.810. The average Bonchev–Trinajstić information content (AvgIpc) is 2.25. The Morgan fingerprint density at radius 1 is 1.47 bits per heavy atom. The predicted molar refractivity (Wildman–Crippen MR) is 63.3 cm³/mol. The smallest absolute Gasteiger partial charge is 0.142 e. The molecule has 3 atom stereocenters. The lowest BCUT2D eigenvalue weighted by Gasteiger charge is -2.29. The Bertz CT molecular complexity index is 464. The van der Waals surface area contributed by atoms with Crippen LogP contribution in [0.3, 0.4) is 0 Å². The van der Waals surface area contributed by atoms with Crippen molar-refractivity contribution in [2.24, 2.45) is 0 Å². The van der Waals surface area contributed by atoms with Crippen molar-refractivity contribution in [3.05, 3.63) is 29.3 Å². The Morgan fingerprint density at radius 3 is 2.82 bits per heavy atom. The number of rotatable bonds is 2. The zero-order valence-electron chi connectivity index (χ0n) is 9.80. The summed E-state index contributed by atoms with van der Waals surface area (Å²) in [5, 5.41) is 3.06. The third-order valence-electron chi connectivity index (χ3n) is 3.00. The normalized spacial score (nSPS) is 27.9. The van der Waals surface area contributed by atoms with Crippen molar-refractivity contribution in [1.29, 1.82) is 0 Å². The van der Waals surface area contributed by atoms with Crippen LogP contribution in [0.2, 0.25) is 0 Å². The summed E-state index contributed by atoms with van der Waals surface area (Å²) < 4.78 is 39.0. The standard InChI is InChI=1S/C12H15F2NOS/c1-3-15-11-4-7(2)17(16)12-9(11)5-8(13)6-10(12)14/h5-7,11,15H,3-4H2,1-2H3. The molecule has 1 aliphatic rings. The second-order valence-corrected chi connectivity index (χ2v) is 6.07. The van der Waals surface area contributed by atoms with E-state index in [1.54, 1.807) is 0 Å². The van der Waals surface area contributed by atoms with Crippen molar-refractivity contribution in [2.75, 3.05) is 6.54 Å². The Morgan fingerprint density at radius 2 is 2.18 bits per heavy atom. The molecule has 5 heteroatoms. The van der Waals surface area contributed by atoms with E-state index in [9.17, 15) is 13.0 Å². The molecular formula is C12H15F2NOS. The lowest BCUT2D eigenvalue weighted by Crippen LogP contribution is -2.32. The van der Waals surface area contributed by atoms with Crippen molar-refractivity contribution >= 4 is 10.8 Å². The van der Waals surface area contributed by atoms with Crippen LogP contribution in [0.25, 0.3) is 0 Å². The number of fused-ring (bicyclic) bond motifs is 1. The third kappa shape index (κ3) is 2.26. The maximum absolute atomic E-state index is 13.7. The van der Waals surface area contributed by atoms with Crippen LogP contribution in [0.5, 0.6) is 0 Å². The first-order valence-electron chi connectivity index (χ1n) is 5.67. The molecule has 17 heavy (non-hydrogen) atoms. The molecule has 1 heterocycles. The lowest BCUT2D eigenvalue weighted by atomic mass is 10.0. The fraction of sp³-hybridized carbons (Fsp3) is 0.500. The molecule has 0 saturated heterocycles. The molecule has 0 bridgehead atoms. The van der Waals surface area contributed by atoms with Crippen molar-refractivity contribution in [2.45, 2.75) is 36.5 Å². The molecule has 2 nitrogen and oxygen atoms in total. The van der Waals surface area contributed by atoms with Crippen LogP contribution >= 0.6 is 0 Å². The SMILES string of the molecule is CCNC1CC(C)S(=O)c2c(F)cc(F)cc21. The van der Waals surface area contributed by atoms with Crippen LogP contribution in [0, 0.1) is 11.6 Å². The first-order chi connectivity index (χ1) is 8.04. The first kappa shape index (κ1) is 12.6. The largest absolute Gasteiger partial charge is 0.310 e. The van der Waals surface area contributed by atoms with E-state index < -0.39 is 22.4 Å². The van der Waals surface area contributed by atoms with Crippen molar-refractivity contribution in [1.82, 2.24) is 5.32 Å². The molecule has 1 N–H and O–H groups in total. The van der Waals surface area contributed by atoms with Crippen LogP contribution in [0.4, 0.5) is 8.78 Å². The molecule has 0 spiro atoms. The molecule has 1 aromatic carbocycles. The molecular weight excluding hydrogens is 244 g/mol. The van der Waals surface area contributed by atoms with Crippen LogP contribution in [-0.2, 0) is 10.8 Å². The molecule has 3 unspecified atom stereocenters. The topological polar surface area (TPSA) is 29.1 Å². The monoisotopic (exact) mass is 259 g/mol. The maximum Gasteiger partial charge on any atom is 0.142 e. The fourth-order valence-corrected chi connectivity index (χ4v) is 3.69. The molecule has 0 saturated carbocycles. The van der Waals surface area contributed by atoms with E-state index >= 15 is 0 Å². The fourth-order valence-electron chi connectivity index (χ4n) is 2.24. The van der Waals surface area contributed by atoms with Gasteiger partial charge < -0.3 is 5.32 Å². The number of hydrogen-bond donors (Lipinski definition) is 1. The Balaban J connectivity index is 2.55. The van der Waals surface area contributed by atoms with Gasteiger partial charge in [0.1, 0.15) is 11.6 Å². The van der Waals surface area contributed by atoms with Crippen molar-refractivity contribution < 1.29 is 13.0 Å². The molecule has 2 rings (SSSR count). The van der Waals surface area contributed by atoms with E-state index in [1.165, 1.54) is 6.07 Å². The van der Waals surface area contributed by atoms with Gasteiger partial charge in [-0.3, -0.25) is 4.21 Å². The number of nitrogens with one attached hydrogen (secondary N) is 1. The van der Waals surface area contributed by atoms with E-state index in [1.807, 2.05) is 13.8 Å². The predicted octanol–water partition coefficient (Wildman–Crippen LogP) is 2.52. The zero-order chi connectivity index (χ0) is 12.6. The summed E-state index contributed by atoms with van der Waals surface area (Å²) in [7, 11) is -1.39. The average molecular weight is 259 g/mol. The van der Waals surface area contributed by atoms with E-state index in [0.717, 1.165) is 6.07 Å². The second-order valence-electron chi connectivity index (χ2n) is 4.26. The number of hydrogen-bond acceptors (Lipinski definition) is 2. The zero-order valence-corrected chi connectivity index (χ0v) is 10.6. The van der Waals surface area contributed by atoms with Gasteiger partial charge in [-0.25, -0.2) is 8.78 Å². The second kappa shape index (κ2) is 4.82. The van der Waals surface area contributed by atoms with Gasteiger partial charge in [0.2, 0.25) is 0 Å². The molecule has 0 aliphatic carbocycles. The molecule has 1 aliphatic heterocycles. The summed E-state index contributed by atoms with van der Waals surface area (Å²) in [6.45, 7) is 4.47. The third-order valence-corrected chi connectivity index (χ3v) is 4.75. The highest BCUT2D eigenvalue weighted by Crippen LogP contribution is 2.35. The maximum atomic E-state index is 13.7. The number of halogens is 2. The van der Waals surface area contributed by atoms with Crippen LogP contribution in [-0.4, -0.2) is 16.0 Å². The minimum absolute atomic E-state index is 0.118. The van der Waals surface area contributed by atoms with Gasteiger partial charge in [0, 0.05) is 17.4 Å². The Kier molecular flexibility index (Phi) is 3.58. The van der Waals surface area contributed by atoms with Gasteiger partial charge in [0.15, 0.2) is 0 Å². The summed E-state index contributed by atoms with van der Waals surface area (Å²) in [5.41, 5.74) is 0.501. The van der Waals surface area contributed by atoms with Crippen LogP contribution < -0.4 is 5.32 Å². The molecule has 0 fully saturated rings. The van der Waals surface area contributed by atoms with E-state index in [-0.39, 0.29) is 16.2 Å². The van der Waals surface area contributed by atoms with Crippen LogP contribution in [0.1, 0.15) is 31.9 Å². The first-order valence-corrected chi connectivity index (χ1v) is 6.88. The minimum atomic E-state index is -1.39. The summed E-state index contributed by atoms with van der Waals surface area (Å²) in [4.78, 5) is 0.163. The molecule has 0 aromatic heterocycles. The lowest BCUT2D eigenvalue weighted by molar-refractivity contribution is 0.468. The van der Waals surface area contributed by atoms with Gasteiger partial charge in [-0.1, -0.05) is 13.8 Å². The minimum Gasteiger partial charge on any atom is -0.310 e. The summed E-state index contributed by atoms with van der Waals surface area (Å²) in [6, 6.07) is 1.97. The highest BCUT2D eigenvalue weighted by Gasteiger charge is 2.32. The molecule has 0 radical (unpaired) electrons. The highest BCUT2D eigenvalue weighted by atomic mass is 32.2. The van der Waals surface area contributed by atoms with Gasteiger partial charge in [-0.2, -0.15) is 0 Å². The van der Waals surface area contributed by atoms with Crippen LogP contribution in [0.15, 0.2) is 17.0 Å². The number of benzene rings is 1. The van der Waals surface area contributed by atoms with E-state index in [4.69, 9.17) is 0 Å². The molecule has 94 valence electrons. The van der Waals surface area contributed by atoms with Gasteiger partial charge >= 0.3 is 0 Å². The molecule has 0 amide bonds. The summed E-state index contributed by atoms with van der Waals surface area (Å²) >= 11 is 0. The van der Waals surface area contributed by atoms with Gasteiger partial charge in [0.05, 0.1) is 15.7 Å². The quantitative estimate of drug-likeness (QED) is 0.884. The Labute approximate surface area is 102 Å². The van der Waals surface area contributed by atoms with Gasteiger partial charge in [-0.05, 0) is 24.6 Å². The molecule has 1 aromatic rings. The van der Waals surface area contributed by atoms with Gasteiger partial charge in [-0.15, -0.1) is 0 Å². The summed E-state index contributed by atoms with van der Waals surface area (Å²) in [5.74, 6) is -1.32. The van der Waals surface area contributed by atoms with Crippen molar-refractivity contribution in [3.8, 4) is 0 Å². The highest BCUT2D eigenvalue weighted by molar-refractivity contribution is 7.85. The van der Waals surface area contributed by atoms with Gasteiger partial charge in [0.25, 0.3) is 0 Å². The van der Waals surface area contributed by atoms with E-state index in [2.05, 4.69) is 5.32 Å².